The summed E-state index contributed by atoms with van der Waals surface area (Å²) < 4.78 is 0. The molecule has 0 fully saturated rings. The van der Waals surface area contributed by atoms with Crippen molar-refractivity contribution in [2.45, 2.75) is 103 Å². The van der Waals surface area contributed by atoms with Crippen LogP contribution in [0.5, 0.6) is 0 Å². The van der Waals surface area contributed by atoms with Crippen LogP contribution in [-0.2, 0) is 0 Å². The van der Waals surface area contributed by atoms with Crippen molar-refractivity contribution in [3.8, 4) is 0 Å². The summed E-state index contributed by atoms with van der Waals surface area (Å²) in [6.45, 7) is 13.1. The number of nitrogens with two attached hydrogens (primary N) is 2. The molecule has 0 aromatic carbocycles. The van der Waals surface area contributed by atoms with Crippen molar-refractivity contribution >= 4 is 0 Å². The van der Waals surface area contributed by atoms with Crippen molar-refractivity contribution in [2.24, 2.45) is 11.5 Å². The first-order chi connectivity index (χ1) is 11.4. The highest BCUT2D eigenvalue weighted by atomic mass is 14.9. The summed E-state index contributed by atoms with van der Waals surface area (Å²) in [5.41, 5.74) is 12.9. The number of unbranched alkanes of at least 4 members (excludes halogenated alkanes) is 1. The Hall–Kier alpha value is -0.160. The van der Waals surface area contributed by atoms with Gasteiger partial charge in [0.05, 0.1) is 0 Å². The summed E-state index contributed by atoms with van der Waals surface area (Å²) in [5.74, 6) is 0. The molecule has 24 heavy (non-hydrogen) atoms. The van der Waals surface area contributed by atoms with E-state index < -0.39 is 0 Å². The van der Waals surface area contributed by atoms with Crippen LogP contribution >= 0.6 is 0 Å². The van der Waals surface area contributed by atoms with E-state index in [1.54, 1.807) is 0 Å². The molecule has 0 saturated heterocycles. The molecule has 6 N–H and O–H groups in total. The molecular weight excluding hydrogens is 296 g/mol. The highest BCUT2D eigenvalue weighted by molar-refractivity contribution is 4.83. The number of rotatable bonds is 17. The Bertz CT molecular complexity index is 257. The quantitative estimate of drug-likeness (QED) is 0.305. The summed E-state index contributed by atoms with van der Waals surface area (Å²) in [6.07, 6.45) is 11.4. The predicted octanol–water partition coefficient (Wildman–Crippen LogP) is 3.54. The van der Waals surface area contributed by atoms with Gasteiger partial charge in [-0.15, -0.1) is 0 Å². The molecule has 0 aliphatic carbocycles. The minimum Gasteiger partial charge on any atom is -0.325 e. The van der Waals surface area contributed by atoms with Crippen LogP contribution in [0.2, 0.25) is 0 Å². The van der Waals surface area contributed by atoms with Crippen LogP contribution in [-0.4, -0.2) is 37.3 Å². The first kappa shape index (κ1) is 23.8. The third-order valence-corrected chi connectivity index (χ3v) is 5.46. The van der Waals surface area contributed by atoms with Crippen LogP contribution in [0.1, 0.15) is 91.9 Å². The van der Waals surface area contributed by atoms with Crippen molar-refractivity contribution in [3.63, 3.8) is 0 Å². The minimum atomic E-state index is 0.0375. The average Bonchev–Trinajstić information content (AvgIpc) is 2.57. The van der Waals surface area contributed by atoms with Crippen molar-refractivity contribution in [2.75, 3.05) is 26.2 Å². The molecule has 4 nitrogen and oxygen atoms in total. The smallest absolute Gasteiger partial charge is 0.0163 e. The molecule has 146 valence electrons. The van der Waals surface area contributed by atoms with Crippen molar-refractivity contribution in [3.05, 3.63) is 0 Å². The van der Waals surface area contributed by atoms with Crippen LogP contribution in [0.3, 0.4) is 0 Å². The van der Waals surface area contributed by atoms with Gasteiger partial charge < -0.3 is 22.1 Å². The second kappa shape index (κ2) is 14.1. The predicted molar refractivity (Wildman–Crippen MR) is 108 cm³/mol. The molecule has 4 heteroatoms. The third kappa shape index (κ3) is 11.4. The van der Waals surface area contributed by atoms with Crippen LogP contribution in [0.25, 0.3) is 0 Å². The third-order valence-electron chi connectivity index (χ3n) is 5.46. The van der Waals surface area contributed by atoms with Crippen LogP contribution in [0, 0.1) is 0 Å². The van der Waals surface area contributed by atoms with Crippen LogP contribution in [0.15, 0.2) is 0 Å². The number of hydrogen-bond acceptors (Lipinski definition) is 4. The lowest BCUT2D eigenvalue weighted by Crippen LogP contribution is -2.42. The second-order valence-electron chi connectivity index (χ2n) is 7.64. The molecule has 0 radical (unpaired) electrons. The Morgan fingerprint density at radius 1 is 0.583 bits per heavy atom. The van der Waals surface area contributed by atoms with Crippen molar-refractivity contribution in [1.29, 1.82) is 0 Å². The van der Waals surface area contributed by atoms with Gasteiger partial charge in [-0.25, -0.2) is 0 Å². The molecule has 0 spiro atoms. The van der Waals surface area contributed by atoms with Gasteiger partial charge in [-0.2, -0.15) is 0 Å². The van der Waals surface area contributed by atoms with Gasteiger partial charge in [-0.05, 0) is 77.5 Å². The molecule has 0 heterocycles. The summed E-state index contributed by atoms with van der Waals surface area (Å²) in [4.78, 5) is 0. The van der Waals surface area contributed by atoms with E-state index in [0.717, 1.165) is 64.7 Å². The van der Waals surface area contributed by atoms with Gasteiger partial charge in [0.1, 0.15) is 0 Å². The van der Waals surface area contributed by atoms with Gasteiger partial charge in [-0.3, -0.25) is 0 Å². The van der Waals surface area contributed by atoms with E-state index in [9.17, 15) is 0 Å². The Balaban J connectivity index is 3.52. The standard InChI is InChI=1S/C20H46N4/c1-5-11-19(21,7-3)13-17-23-15-9-10-16-24-18-14-20(22,8-4)12-6-2/h23-24H,5-18,21-22H2,1-4H3. The van der Waals surface area contributed by atoms with E-state index in [1.807, 2.05) is 0 Å². The highest BCUT2D eigenvalue weighted by Crippen LogP contribution is 2.18. The molecule has 0 rings (SSSR count). The lowest BCUT2D eigenvalue weighted by Gasteiger charge is -2.28. The molecule has 0 bridgehead atoms. The Morgan fingerprint density at radius 2 is 0.958 bits per heavy atom. The van der Waals surface area contributed by atoms with Gasteiger partial charge in [0, 0.05) is 11.1 Å². The first-order valence-corrected chi connectivity index (χ1v) is 10.4. The second-order valence-corrected chi connectivity index (χ2v) is 7.64. The van der Waals surface area contributed by atoms with Crippen LogP contribution in [0.4, 0.5) is 0 Å². The molecule has 0 saturated carbocycles. The fourth-order valence-electron chi connectivity index (χ4n) is 3.38. The van der Waals surface area contributed by atoms with E-state index in [1.165, 1.54) is 25.7 Å². The zero-order valence-electron chi connectivity index (χ0n) is 17.1. The fraction of sp³-hybridized carbons (Fsp3) is 1.00. The molecule has 0 aliphatic heterocycles. The largest absolute Gasteiger partial charge is 0.325 e. The summed E-state index contributed by atoms with van der Waals surface area (Å²) in [6, 6.07) is 0. The Labute approximate surface area is 151 Å². The zero-order chi connectivity index (χ0) is 18.3. The normalized spacial score (nSPS) is 16.8. The summed E-state index contributed by atoms with van der Waals surface area (Å²) in [7, 11) is 0. The SMILES string of the molecule is CCCC(N)(CC)CCNCCCCNCCC(N)(CC)CCC. The molecule has 2 atom stereocenters. The molecule has 0 aliphatic rings. The number of hydrogen-bond donors (Lipinski definition) is 4. The Morgan fingerprint density at radius 3 is 1.25 bits per heavy atom. The van der Waals surface area contributed by atoms with Gasteiger partial charge in [0.2, 0.25) is 0 Å². The fourth-order valence-corrected chi connectivity index (χ4v) is 3.38. The molecule has 0 aromatic rings. The topological polar surface area (TPSA) is 76.1 Å². The van der Waals surface area contributed by atoms with E-state index in [4.69, 9.17) is 11.5 Å². The maximum atomic E-state index is 6.41. The summed E-state index contributed by atoms with van der Waals surface area (Å²) >= 11 is 0. The monoisotopic (exact) mass is 342 g/mol. The zero-order valence-corrected chi connectivity index (χ0v) is 17.1. The van der Waals surface area contributed by atoms with Gasteiger partial charge in [0.25, 0.3) is 0 Å². The van der Waals surface area contributed by atoms with Gasteiger partial charge in [0.15, 0.2) is 0 Å². The maximum absolute atomic E-state index is 6.41. The van der Waals surface area contributed by atoms with E-state index in [-0.39, 0.29) is 11.1 Å². The first-order valence-electron chi connectivity index (χ1n) is 10.4. The molecular formula is C20H46N4. The van der Waals surface area contributed by atoms with E-state index in [2.05, 4.69) is 38.3 Å². The Kier molecular flexibility index (Phi) is 14.0. The molecule has 0 amide bonds. The van der Waals surface area contributed by atoms with Crippen LogP contribution < -0.4 is 22.1 Å². The molecule has 2 unspecified atom stereocenters. The highest BCUT2D eigenvalue weighted by Gasteiger charge is 2.21. The van der Waals surface area contributed by atoms with Gasteiger partial charge >= 0.3 is 0 Å². The minimum absolute atomic E-state index is 0.0375. The lowest BCUT2D eigenvalue weighted by molar-refractivity contribution is 0.339. The average molecular weight is 343 g/mol. The molecule has 0 aromatic heterocycles. The van der Waals surface area contributed by atoms with Gasteiger partial charge in [-0.1, -0.05) is 40.5 Å². The van der Waals surface area contributed by atoms with Crippen molar-refractivity contribution < 1.29 is 0 Å². The maximum Gasteiger partial charge on any atom is 0.0163 e. The van der Waals surface area contributed by atoms with Crippen molar-refractivity contribution in [1.82, 2.24) is 10.6 Å². The van der Waals surface area contributed by atoms with E-state index in [0.29, 0.717) is 0 Å². The number of nitrogens with one attached hydrogen (secondary N) is 2. The summed E-state index contributed by atoms with van der Waals surface area (Å²) in [5, 5.41) is 7.09. The van der Waals surface area contributed by atoms with E-state index >= 15 is 0 Å². The lowest BCUT2D eigenvalue weighted by atomic mass is 9.88.